The van der Waals surface area contributed by atoms with Crippen LogP contribution in [0.15, 0.2) is 59.5 Å². The summed E-state index contributed by atoms with van der Waals surface area (Å²) in [5.74, 6) is -2.03. The third-order valence-electron chi connectivity index (χ3n) is 9.02. The molecular formula is C38H42Cl3N5O6S. The lowest BCUT2D eigenvalue weighted by atomic mass is 10.1. The van der Waals surface area contributed by atoms with Gasteiger partial charge in [-0.2, -0.15) is 5.10 Å². The van der Waals surface area contributed by atoms with Crippen LogP contribution < -0.4 is 9.62 Å². The zero-order chi connectivity index (χ0) is 38.4. The predicted octanol–water partition coefficient (Wildman–Crippen LogP) is 8.04. The van der Waals surface area contributed by atoms with E-state index in [0.29, 0.717) is 48.3 Å². The number of anilines is 1. The number of unbranched alkanes of at least 4 members (excludes halogenated alkanes) is 2. The Morgan fingerprint density at radius 3 is 2.26 bits per heavy atom. The van der Waals surface area contributed by atoms with Crippen molar-refractivity contribution in [1.29, 1.82) is 0 Å². The van der Waals surface area contributed by atoms with Crippen LogP contribution in [0.2, 0.25) is 15.1 Å². The SMILES string of the molecule is CCCCN(CCCC)C(=O)c1nn(-c2ccc(C(=O)NS(=O)(=O)c3ccc4c(c3)CCN4Cc3ccc(Cl)c(Cl)c3)cc2C(=O)OCC)c(C)c1Cl. The van der Waals surface area contributed by atoms with Crippen molar-refractivity contribution in [2.75, 3.05) is 31.1 Å². The van der Waals surface area contributed by atoms with Gasteiger partial charge >= 0.3 is 5.97 Å². The molecule has 1 N–H and O–H groups in total. The second-order valence-electron chi connectivity index (χ2n) is 12.8. The Morgan fingerprint density at radius 2 is 1.60 bits per heavy atom. The van der Waals surface area contributed by atoms with Gasteiger partial charge in [0, 0.05) is 37.4 Å². The fraction of sp³-hybridized carbons (Fsp3) is 0.368. The third-order valence-corrected chi connectivity index (χ3v) is 11.5. The molecule has 15 heteroatoms. The topological polar surface area (TPSA) is 131 Å². The van der Waals surface area contributed by atoms with E-state index in [-0.39, 0.29) is 44.9 Å². The van der Waals surface area contributed by atoms with Gasteiger partial charge in [0.1, 0.15) is 0 Å². The van der Waals surface area contributed by atoms with Gasteiger partial charge in [-0.15, -0.1) is 0 Å². The number of aromatic nitrogens is 2. The fourth-order valence-electron chi connectivity index (χ4n) is 6.13. The summed E-state index contributed by atoms with van der Waals surface area (Å²) in [7, 11) is -4.31. The highest BCUT2D eigenvalue weighted by Gasteiger charge is 2.29. The maximum Gasteiger partial charge on any atom is 0.340 e. The molecule has 0 atom stereocenters. The normalized spacial score (nSPS) is 12.5. The Labute approximate surface area is 325 Å². The van der Waals surface area contributed by atoms with E-state index >= 15 is 0 Å². The number of hydrogen-bond donors (Lipinski definition) is 1. The van der Waals surface area contributed by atoms with E-state index in [4.69, 9.17) is 39.5 Å². The molecule has 0 bridgehead atoms. The van der Waals surface area contributed by atoms with Crippen molar-refractivity contribution in [3.05, 3.63) is 103 Å². The first-order valence-electron chi connectivity index (χ1n) is 17.5. The molecule has 2 amide bonds. The van der Waals surface area contributed by atoms with Gasteiger partial charge in [0.2, 0.25) is 0 Å². The van der Waals surface area contributed by atoms with Gasteiger partial charge in [0.25, 0.3) is 21.8 Å². The standard InChI is InChI=1S/C38H42Cl3N5O6S/c1-5-8-17-44(18-9-6-2)37(48)35-34(41)24(4)46(42-35)33-14-11-27(22-29(33)38(49)52-7-3)36(47)43-53(50,51)28-12-15-32-26(21-28)16-19-45(32)23-25-10-13-30(39)31(40)20-25/h10-15,20-22H,5-9,16-19,23H2,1-4H3,(H,43,47). The molecule has 0 unspecified atom stereocenters. The molecule has 0 spiro atoms. The molecule has 3 aromatic carbocycles. The van der Waals surface area contributed by atoms with E-state index in [2.05, 4.69) is 14.7 Å². The number of halogens is 3. The minimum atomic E-state index is -4.31. The van der Waals surface area contributed by atoms with Crippen LogP contribution in [0.1, 0.15) is 94.5 Å². The molecular weight excluding hydrogens is 761 g/mol. The van der Waals surface area contributed by atoms with Crippen LogP contribution in [0.4, 0.5) is 5.69 Å². The van der Waals surface area contributed by atoms with Gasteiger partial charge < -0.3 is 14.5 Å². The largest absolute Gasteiger partial charge is 0.462 e. The first-order valence-corrected chi connectivity index (χ1v) is 20.2. The number of esters is 1. The number of hydrogen-bond acceptors (Lipinski definition) is 8. The molecule has 0 saturated heterocycles. The molecule has 0 fully saturated rings. The van der Waals surface area contributed by atoms with Crippen LogP contribution in [0.25, 0.3) is 5.69 Å². The van der Waals surface area contributed by atoms with Crippen LogP contribution in [0.5, 0.6) is 0 Å². The van der Waals surface area contributed by atoms with Crippen molar-refractivity contribution >= 4 is 68.3 Å². The van der Waals surface area contributed by atoms with Gasteiger partial charge in [0.15, 0.2) is 5.69 Å². The number of fused-ring (bicyclic) bond motifs is 1. The molecule has 0 saturated carbocycles. The highest BCUT2D eigenvalue weighted by molar-refractivity contribution is 7.90. The van der Waals surface area contributed by atoms with Gasteiger partial charge in [-0.1, -0.05) is 67.6 Å². The molecule has 4 aromatic rings. The van der Waals surface area contributed by atoms with Gasteiger partial charge in [-0.05, 0) is 92.8 Å². The molecule has 5 rings (SSSR count). The minimum absolute atomic E-state index is 0.0404. The predicted molar refractivity (Wildman–Crippen MR) is 207 cm³/mol. The van der Waals surface area contributed by atoms with Crippen molar-refractivity contribution in [1.82, 2.24) is 19.4 Å². The maximum atomic E-state index is 13.6. The van der Waals surface area contributed by atoms with Crippen LogP contribution in [0, 0.1) is 6.92 Å². The molecule has 53 heavy (non-hydrogen) atoms. The molecule has 2 heterocycles. The third kappa shape index (κ3) is 9.00. The van der Waals surface area contributed by atoms with E-state index in [9.17, 15) is 22.8 Å². The van der Waals surface area contributed by atoms with E-state index in [0.717, 1.165) is 42.5 Å². The van der Waals surface area contributed by atoms with Crippen LogP contribution in [-0.4, -0.2) is 67.1 Å². The second kappa shape index (κ2) is 17.4. The first-order chi connectivity index (χ1) is 25.3. The van der Waals surface area contributed by atoms with Crippen molar-refractivity contribution in [2.24, 2.45) is 0 Å². The van der Waals surface area contributed by atoms with Gasteiger partial charge in [-0.3, -0.25) is 9.59 Å². The van der Waals surface area contributed by atoms with Crippen molar-refractivity contribution < 1.29 is 27.5 Å². The van der Waals surface area contributed by atoms with E-state index < -0.39 is 21.9 Å². The van der Waals surface area contributed by atoms with E-state index in [1.54, 1.807) is 43.0 Å². The molecule has 0 aliphatic carbocycles. The lowest BCUT2D eigenvalue weighted by Crippen LogP contribution is -2.33. The smallest absolute Gasteiger partial charge is 0.340 e. The van der Waals surface area contributed by atoms with Gasteiger partial charge in [0.05, 0.1) is 43.5 Å². The molecule has 1 aromatic heterocycles. The number of carbonyl (C=O) groups excluding carboxylic acids is 3. The molecule has 282 valence electrons. The van der Waals surface area contributed by atoms with Crippen molar-refractivity contribution in [3.63, 3.8) is 0 Å². The number of nitrogens with zero attached hydrogens (tertiary/aromatic N) is 4. The maximum absolute atomic E-state index is 13.6. The number of amides is 2. The van der Waals surface area contributed by atoms with Crippen LogP contribution >= 0.6 is 34.8 Å². The lowest BCUT2D eigenvalue weighted by molar-refractivity contribution is 0.0526. The Hall–Kier alpha value is -4.10. The van der Waals surface area contributed by atoms with Crippen LogP contribution in [0.3, 0.4) is 0 Å². The average molecular weight is 803 g/mol. The Kier molecular flexibility index (Phi) is 13.1. The Balaban J connectivity index is 1.39. The Morgan fingerprint density at radius 1 is 0.906 bits per heavy atom. The summed E-state index contributed by atoms with van der Waals surface area (Å²) in [6, 6.07) is 14.2. The summed E-state index contributed by atoms with van der Waals surface area (Å²) in [5.41, 5.74) is 3.14. The molecule has 1 aliphatic rings. The number of benzene rings is 3. The molecule has 11 nitrogen and oxygen atoms in total. The summed E-state index contributed by atoms with van der Waals surface area (Å²) >= 11 is 18.9. The first kappa shape index (κ1) is 40.1. The number of rotatable bonds is 15. The zero-order valence-electron chi connectivity index (χ0n) is 30.0. The minimum Gasteiger partial charge on any atom is -0.462 e. The van der Waals surface area contributed by atoms with E-state index in [1.165, 1.54) is 28.9 Å². The number of nitrogens with one attached hydrogen (secondary N) is 1. The van der Waals surface area contributed by atoms with Crippen molar-refractivity contribution in [3.8, 4) is 5.69 Å². The Bertz CT molecular complexity index is 2130. The summed E-state index contributed by atoms with van der Waals surface area (Å²) < 4.78 is 35.7. The number of sulfonamides is 1. The van der Waals surface area contributed by atoms with Gasteiger partial charge in [-0.25, -0.2) is 22.6 Å². The average Bonchev–Trinajstić information content (AvgIpc) is 3.68. The lowest BCUT2D eigenvalue weighted by Gasteiger charge is -2.21. The second-order valence-corrected chi connectivity index (χ2v) is 15.6. The highest BCUT2D eigenvalue weighted by Crippen LogP contribution is 2.33. The zero-order valence-corrected chi connectivity index (χ0v) is 33.1. The number of carbonyl (C=O) groups is 3. The highest BCUT2D eigenvalue weighted by atomic mass is 35.5. The summed E-state index contributed by atoms with van der Waals surface area (Å²) in [6.45, 7) is 9.78. The molecule has 0 radical (unpaired) electrons. The van der Waals surface area contributed by atoms with Crippen LogP contribution in [-0.2, 0) is 27.7 Å². The molecule has 1 aliphatic heterocycles. The monoisotopic (exact) mass is 801 g/mol. The summed E-state index contributed by atoms with van der Waals surface area (Å²) in [4.78, 5) is 44.1. The quantitative estimate of drug-likeness (QED) is 0.120. The van der Waals surface area contributed by atoms with Crippen molar-refractivity contribution in [2.45, 2.75) is 71.2 Å². The number of ether oxygens (including phenoxy) is 1. The van der Waals surface area contributed by atoms with E-state index in [1.807, 2.05) is 19.9 Å². The fourth-order valence-corrected chi connectivity index (χ4v) is 7.67. The summed E-state index contributed by atoms with van der Waals surface area (Å²) in [5, 5.41) is 5.60. The summed E-state index contributed by atoms with van der Waals surface area (Å²) in [6.07, 6.45) is 4.08.